The van der Waals surface area contributed by atoms with Crippen LogP contribution in [0.5, 0.6) is 11.5 Å². The normalized spacial score (nSPS) is 18.7. The summed E-state index contributed by atoms with van der Waals surface area (Å²) in [6, 6.07) is 17.0. The van der Waals surface area contributed by atoms with Gasteiger partial charge in [-0.15, -0.1) is 0 Å². The zero-order chi connectivity index (χ0) is 17.8. The van der Waals surface area contributed by atoms with Gasteiger partial charge in [0.25, 0.3) is 0 Å². The number of fused-ring (bicyclic) bond motifs is 1. The smallest absolute Gasteiger partial charge is 0.231 e. The molecule has 0 aromatic heterocycles. The van der Waals surface area contributed by atoms with E-state index in [2.05, 4.69) is 45.9 Å². The van der Waals surface area contributed by atoms with Crippen LogP contribution in [0.3, 0.4) is 0 Å². The number of likely N-dealkylation sites (tertiary alicyclic amines) is 1. The van der Waals surface area contributed by atoms with Gasteiger partial charge in [-0.1, -0.05) is 36.4 Å². The second-order valence-electron chi connectivity index (χ2n) is 6.72. The zero-order valence-electron chi connectivity index (χ0n) is 14.6. The van der Waals surface area contributed by atoms with E-state index in [1.807, 2.05) is 18.2 Å². The third-order valence-corrected chi connectivity index (χ3v) is 5.01. The standard InChI is InChI=1S/C20H23N3O2S/c26-20(21-11-16-6-7-18-19(10-16)25-14-24-18)22-17-8-9-23(13-17)12-15-4-2-1-3-5-15/h1-7,10,17H,8-9,11-14H2,(H2,21,22,26)/t17-/m0/s1. The predicted molar refractivity (Wildman–Crippen MR) is 105 cm³/mol. The molecule has 26 heavy (non-hydrogen) atoms. The second-order valence-corrected chi connectivity index (χ2v) is 7.13. The monoisotopic (exact) mass is 369 g/mol. The maximum absolute atomic E-state index is 5.46. The number of nitrogens with zero attached hydrogens (tertiary/aromatic N) is 1. The third kappa shape index (κ3) is 4.26. The van der Waals surface area contributed by atoms with E-state index >= 15 is 0 Å². The molecule has 6 heteroatoms. The van der Waals surface area contributed by atoms with Crippen molar-refractivity contribution >= 4 is 17.3 Å². The molecule has 1 atom stereocenters. The fourth-order valence-corrected chi connectivity index (χ4v) is 3.64. The van der Waals surface area contributed by atoms with Crippen LogP contribution >= 0.6 is 12.2 Å². The SMILES string of the molecule is S=C(NCc1ccc2c(c1)OCO2)N[C@H]1CCN(Cc2ccccc2)C1. The van der Waals surface area contributed by atoms with Crippen molar-refractivity contribution < 1.29 is 9.47 Å². The van der Waals surface area contributed by atoms with Crippen molar-refractivity contribution in [3.63, 3.8) is 0 Å². The van der Waals surface area contributed by atoms with E-state index < -0.39 is 0 Å². The molecule has 1 fully saturated rings. The maximum Gasteiger partial charge on any atom is 0.231 e. The Morgan fingerprint density at radius 1 is 1.08 bits per heavy atom. The van der Waals surface area contributed by atoms with Gasteiger partial charge in [-0.25, -0.2) is 0 Å². The van der Waals surface area contributed by atoms with Crippen LogP contribution in [0.4, 0.5) is 0 Å². The van der Waals surface area contributed by atoms with Gasteiger partial charge in [0.2, 0.25) is 6.79 Å². The summed E-state index contributed by atoms with van der Waals surface area (Å²) in [5, 5.41) is 7.43. The summed E-state index contributed by atoms with van der Waals surface area (Å²) in [5.41, 5.74) is 2.48. The number of benzene rings is 2. The summed E-state index contributed by atoms with van der Waals surface area (Å²) in [5.74, 6) is 1.61. The maximum atomic E-state index is 5.46. The molecule has 2 N–H and O–H groups in total. The number of rotatable bonds is 5. The van der Waals surface area contributed by atoms with Crippen LogP contribution in [-0.2, 0) is 13.1 Å². The number of hydrogen-bond acceptors (Lipinski definition) is 4. The number of thiocarbonyl (C=S) groups is 1. The first-order chi connectivity index (χ1) is 12.8. The molecule has 0 radical (unpaired) electrons. The lowest BCUT2D eigenvalue weighted by Crippen LogP contribution is -2.42. The molecule has 2 aliphatic rings. The minimum Gasteiger partial charge on any atom is -0.454 e. The van der Waals surface area contributed by atoms with Gasteiger partial charge >= 0.3 is 0 Å². The summed E-state index contributed by atoms with van der Waals surface area (Å²) < 4.78 is 10.7. The number of ether oxygens (including phenoxy) is 2. The van der Waals surface area contributed by atoms with Gasteiger partial charge in [0.15, 0.2) is 16.6 Å². The molecule has 0 unspecified atom stereocenters. The molecule has 0 aliphatic carbocycles. The van der Waals surface area contributed by atoms with Crippen LogP contribution in [-0.4, -0.2) is 35.9 Å². The highest BCUT2D eigenvalue weighted by Crippen LogP contribution is 2.32. The fraction of sp³-hybridized carbons (Fsp3) is 0.350. The van der Waals surface area contributed by atoms with Gasteiger partial charge < -0.3 is 20.1 Å². The van der Waals surface area contributed by atoms with E-state index in [4.69, 9.17) is 21.7 Å². The van der Waals surface area contributed by atoms with E-state index in [9.17, 15) is 0 Å². The Bertz CT molecular complexity index is 769. The molecular formula is C20H23N3O2S. The molecule has 0 spiro atoms. The molecule has 4 rings (SSSR count). The highest BCUT2D eigenvalue weighted by atomic mass is 32.1. The van der Waals surface area contributed by atoms with Crippen molar-refractivity contribution in [3.05, 3.63) is 59.7 Å². The predicted octanol–water partition coefficient (Wildman–Crippen LogP) is 2.65. The first-order valence-electron chi connectivity index (χ1n) is 8.95. The Kier molecular flexibility index (Phi) is 5.22. The first kappa shape index (κ1) is 17.1. The van der Waals surface area contributed by atoms with Gasteiger partial charge in [0.05, 0.1) is 0 Å². The summed E-state index contributed by atoms with van der Waals surface area (Å²) in [4.78, 5) is 2.47. The molecule has 136 valence electrons. The number of hydrogen-bond donors (Lipinski definition) is 2. The lowest BCUT2D eigenvalue weighted by Gasteiger charge is -2.18. The van der Waals surface area contributed by atoms with E-state index in [0.29, 0.717) is 24.5 Å². The van der Waals surface area contributed by atoms with Gasteiger partial charge in [-0.3, -0.25) is 4.90 Å². The van der Waals surface area contributed by atoms with Gasteiger partial charge in [0, 0.05) is 32.2 Å². The van der Waals surface area contributed by atoms with Crippen LogP contribution in [0.2, 0.25) is 0 Å². The van der Waals surface area contributed by atoms with Crippen molar-refractivity contribution in [2.24, 2.45) is 0 Å². The van der Waals surface area contributed by atoms with Gasteiger partial charge in [0.1, 0.15) is 0 Å². The quantitative estimate of drug-likeness (QED) is 0.790. The molecule has 0 bridgehead atoms. The molecule has 2 aromatic rings. The molecular weight excluding hydrogens is 346 g/mol. The molecule has 2 aliphatic heterocycles. The Balaban J connectivity index is 1.21. The average Bonchev–Trinajstić information content (AvgIpc) is 3.29. The third-order valence-electron chi connectivity index (χ3n) is 4.75. The highest BCUT2D eigenvalue weighted by Gasteiger charge is 2.22. The lowest BCUT2D eigenvalue weighted by molar-refractivity contribution is 0.174. The van der Waals surface area contributed by atoms with Crippen molar-refractivity contribution in [3.8, 4) is 11.5 Å². The van der Waals surface area contributed by atoms with E-state index in [-0.39, 0.29) is 0 Å². The Labute approximate surface area is 159 Å². The second kappa shape index (κ2) is 7.93. The fourth-order valence-electron chi connectivity index (χ4n) is 3.41. The van der Waals surface area contributed by atoms with Crippen LogP contribution in [0.1, 0.15) is 17.5 Å². The lowest BCUT2D eigenvalue weighted by atomic mass is 10.2. The van der Waals surface area contributed by atoms with E-state index in [1.165, 1.54) is 5.56 Å². The van der Waals surface area contributed by atoms with E-state index in [1.54, 1.807) is 0 Å². The Morgan fingerprint density at radius 3 is 2.81 bits per heavy atom. The summed E-state index contributed by atoms with van der Waals surface area (Å²) in [6.45, 7) is 4.07. The molecule has 2 aromatic carbocycles. The topological polar surface area (TPSA) is 45.8 Å². The molecule has 2 heterocycles. The van der Waals surface area contributed by atoms with E-state index in [0.717, 1.165) is 43.1 Å². The largest absolute Gasteiger partial charge is 0.454 e. The molecule has 0 amide bonds. The van der Waals surface area contributed by atoms with Crippen molar-refractivity contribution in [1.29, 1.82) is 0 Å². The van der Waals surface area contributed by atoms with Crippen LogP contribution in [0, 0.1) is 0 Å². The Morgan fingerprint density at radius 2 is 1.92 bits per heavy atom. The van der Waals surface area contributed by atoms with Crippen molar-refractivity contribution in [1.82, 2.24) is 15.5 Å². The summed E-state index contributed by atoms with van der Waals surface area (Å²) in [7, 11) is 0. The molecule has 5 nitrogen and oxygen atoms in total. The minimum absolute atomic E-state index is 0.299. The molecule has 0 saturated carbocycles. The number of nitrogens with one attached hydrogen (secondary N) is 2. The van der Waals surface area contributed by atoms with Crippen molar-refractivity contribution in [2.75, 3.05) is 19.9 Å². The summed E-state index contributed by atoms with van der Waals surface area (Å²) >= 11 is 5.46. The van der Waals surface area contributed by atoms with Gasteiger partial charge in [-0.2, -0.15) is 0 Å². The van der Waals surface area contributed by atoms with Gasteiger partial charge in [-0.05, 0) is 41.9 Å². The summed E-state index contributed by atoms with van der Waals surface area (Å²) in [6.07, 6.45) is 1.11. The van der Waals surface area contributed by atoms with Crippen molar-refractivity contribution in [2.45, 2.75) is 25.6 Å². The van der Waals surface area contributed by atoms with Crippen LogP contribution in [0.15, 0.2) is 48.5 Å². The van der Waals surface area contributed by atoms with Crippen LogP contribution < -0.4 is 20.1 Å². The first-order valence-corrected chi connectivity index (χ1v) is 9.36. The van der Waals surface area contributed by atoms with Crippen LogP contribution in [0.25, 0.3) is 0 Å². The molecule has 1 saturated heterocycles. The minimum atomic E-state index is 0.299. The Hall–Kier alpha value is -2.31. The highest BCUT2D eigenvalue weighted by molar-refractivity contribution is 7.80. The average molecular weight is 369 g/mol. The zero-order valence-corrected chi connectivity index (χ0v) is 15.4.